The van der Waals surface area contributed by atoms with Crippen molar-refractivity contribution in [1.29, 1.82) is 0 Å². The summed E-state index contributed by atoms with van der Waals surface area (Å²) in [4.78, 5) is 2.43. The van der Waals surface area contributed by atoms with E-state index < -0.39 is 0 Å². The number of para-hydroxylation sites is 2. The normalized spacial score (nSPS) is 11.3. The molecule has 0 saturated heterocycles. The van der Waals surface area contributed by atoms with Gasteiger partial charge in [-0.2, -0.15) is 0 Å². The van der Waals surface area contributed by atoms with Gasteiger partial charge in [-0.3, -0.25) is 0 Å². The van der Waals surface area contributed by atoms with Crippen molar-refractivity contribution < 1.29 is 0 Å². The SMILES string of the molecule is c1ccc(-c2ccc(-c3ccc(N(c4ccccc4-c4ccccc4)c4ccccc4-c4ccc5ccc6c7ccccc7ccc6c5c4)cc3)cc2)cc1. The van der Waals surface area contributed by atoms with Gasteiger partial charge in [0.25, 0.3) is 0 Å². The molecular formula is C54H37N. The first-order chi connectivity index (χ1) is 27.3. The maximum absolute atomic E-state index is 2.43. The van der Waals surface area contributed by atoms with Crippen molar-refractivity contribution in [3.8, 4) is 44.5 Å². The molecule has 10 rings (SSSR count). The molecule has 0 aliphatic carbocycles. The van der Waals surface area contributed by atoms with Crippen LogP contribution in [0, 0.1) is 0 Å². The third-order valence-electron chi connectivity index (χ3n) is 10.9. The lowest BCUT2D eigenvalue weighted by molar-refractivity contribution is 1.28. The van der Waals surface area contributed by atoms with Gasteiger partial charge in [-0.1, -0.05) is 194 Å². The van der Waals surface area contributed by atoms with E-state index >= 15 is 0 Å². The minimum Gasteiger partial charge on any atom is -0.309 e. The molecule has 0 heterocycles. The number of nitrogens with zero attached hydrogens (tertiary/aromatic N) is 1. The van der Waals surface area contributed by atoms with E-state index in [0.717, 1.165) is 17.1 Å². The molecule has 10 aromatic rings. The average molecular weight is 700 g/mol. The first kappa shape index (κ1) is 32.4. The standard InChI is InChI=1S/C54H37N/c1-3-13-38(14-4-1)39-23-25-40(26-24-39)41-29-33-46(34-30-41)55(53-21-11-9-19-48(53)42-15-5-2-6-16-42)54-22-12-10-20-49(54)45-28-27-44-32-35-50-47-18-8-7-17-43(47)31-36-51(50)52(44)37-45/h1-37H. The summed E-state index contributed by atoms with van der Waals surface area (Å²) >= 11 is 0. The Labute approximate surface area is 322 Å². The van der Waals surface area contributed by atoms with Crippen LogP contribution in [0.15, 0.2) is 224 Å². The number of hydrogen-bond acceptors (Lipinski definition) is 1. The first-order valence-corrected chi connectivity index (χ1v) is 18.9. The number of hydrogen-bond donors (Lipinski definition) is 0. The van der Waals surface area contributed by atoms with Crippen molar-refractivity contribution in [2.24, 2.45) is 0 Å². The van der Waals surface area contributed by atoms with Gasteiger partial charge < -0.3 is 4.90 Å². The van der Waals surface area contributed by atoms with E-state index in [1.165, 1.54) is 76.8 Å². The fourth-order valence-corrected chi connectivity index (χ4v) is 8.13. The smallest absolute Gasteiger partial charge is 0.0540 e. The summed E-state index contributed by atoms with van der Waals surface area (Å²) in [5.74, 6) is 0. The lowest BCUT2D eigenvalue weighted by Crippen LogP contribution is -2.12. The molecule has 0 unspecified atom stereocenters. The molecule has 258 valence electrons. The van der Waals surface area contributed by atoms with Crippen LogP contribution in [-0.2, 0) is 0 Å². The van der Waals surface area contributed by atoms with Gasteiger partial charge in [0, 0.05) is 16.8 Å². The van der Waals surface area contributed by atoms with Gasteiger partial charge in [0.1, 0.15) is 0 Å². The summed E-state index contributed by atoms with van der Waals surface area (Å²) in [7, 11) is 0. The summed E-state index contributed by atoms with van der Waals surface area (Å²) in [6.45, 7) is 0. The largest absolute Gasteiger partial charge is 0.309 e. The summed E-state index contributed by atoms with van der Waals surface area (Å²) in [5, 5.41) is 7.60. The van der Waals surface area contributed by atoms with E-state index in [4.69, 9.17) is 0 Å². The molecular weight excluding hydrogens is 663 g/mol. The Morgan fingerprint density at radius 1 is 0.236 bits per heavy atom. The highest BCUT2D eigenvalue weighted by Crippen LogP contribution is 2.45. The lowest BCUT2D eigenvalue weighted by atomic mass is 9.93. The summed E-state index contributed by atoms with van der Waals surface area (Å²) < 4.78 is 0. The van der Waals surface area contributed by atoms with Crippen LogP contribution < -0.4 is 4.90 Å². The van der Waals surface area contributed by atoms with Crippen molar-refractivity contribution in [3.63, 3.8) is 0 Å². The molecule has 0 atom stereocenters. The second kappa shape index (κ2) is 14.0. The minimum atomic E-state index is 1.10. The van der Waals surface area contributed by atoms with Gasteiger partial charge in [-0.15, -0.1) is 0 Å². The van der Waals surface area contributed by atoms with E-state index in [1.807, 2.05) is 0 Å². The highest BCUT2D eigenvalue weighted by atomic mass is 15.1. The van der Waals surface area contributed by atoms with E-state index in [9.17, 15) is 0 Å². The maximum atomic E-state index is 2.43. The third kappa shape index (κ3) is 6.02. The van der Waals surface area contributed by atoms with Crippen LogP contribution in [0.1, 0.15) is 0 Å². The predicted octanol–water partition coefficient (Wildman–Crippen LogP) is 15.3. The van der Waals surface area contributed by atoms with Gasteiger partial charge in [0.05, 0.1) is 11.4 Å². The number of fused-ring (bicyclic) bond motifs is 5. The van der Waals surface area contributed by atoms with Crippen molar-refractivity contribution in [2.75, 3.05) is 4.90 Å². The number of benzene rings is 10. The first-order valence-electron chi connectivity index (χ1n) is 18.9. The van der Waals surface area contributed by atoms with Crippen molar-refractivity contribution in [2.45, 2.75) is 0 Å². The Kier molecular flexibility index (Phi) is 8.24. The van der Waals surface area contributed by atoms with Gasteiger partial charge in [-0.05, 0) is 96.0 Å². The molecule has 0 aliphatic rings. The zero-order chi connectivity index (χ0) is 36.6. The summed E-state index contributed by atoms with van der Waals surface area (Å²) in [6, 6.07) is 81.4. The van der Waals surface area contributed by atoms with E-state index in [-0.39, 0.29) is 0 Å². The van der Waals surface area contributed by atoms with Crippen LogP contribution in [0.5, 0.6) is 0 Å². The lowest BCUT2D eigenvalue weighted by Gasteiger charge is -2.30. The molecule has 1 heteroatoms. The van der Waals surface area contributed by atoms with E-state index in [2.05, 4.69) is 229 Å². The van der Waals surface area contributed by atoms with Crippen molar-refractivity contribution >= 4 is 49.4 Å². The minimum absolute atomic E-state index is 1.10. The van der Waals surface area contributed by atoms with Gasteiger partial charge in [-0.25, -0.2) is 0 Å². The van der Waals surface area contributed by atoms with Gasteiger partial charge >= 0.3 is 0 Å². The fraction of sp³-hybridized carbons (Fsp3) is 0. The van der Waals surface area contributed by atoms with E-state index in [1.54, 1.807) is 0 Å². The second-order valence-corrected chi connectivity index (χ2v) is 14.1. The number of rotatable bonds is 7. The second-order valence-electron chi connectivity index (χ2n) is 14.1. The topological polar surface area (TPSA) is 3.24 Å². The molecule has 0 saturated carbocycles. The molecule has 55 heavy (non-hydrogen) atoms. The van der Waals surface area contributed by atoms with E-state index in [0.29, 0.717) is 0 Å². The molecule has 0 radical (unpaired) electrons. The van der Waals surface area contributed by atoms with Crippen LogP contribution >= 0.6 is 0 Å². The Balaban J connectivity index is 1.12. The predicted molar refractivity (Wildman–Crippen MR) is 235 cm³/mol. The van der Waals surface area contributed by atoms with Crippen LogP contribution in [0.3, 0.4) is 0 Å². The van der Waals surface area contributed by atoms with Gasteiger partial charge in [0.15, 0.2) is 0 Å². The van der Waals surface area contributed by atoms with Crippen molar-refractivity contribution in [1.82, 2.24) is 0 Å². The molecule has 0 aromatic heterocycles. The Morgan fingerprint density at radius 2 is 0.655 bits per heavy atom. The average Bonchev–Trinajstić information content (AvgIpc) is 3.27. The quantitative estimate of drug-likeness (QED) is 0.150. The van der Waals surface area contributed by atoms with Crippen LogP contribution in [0.2, 0.25) is 0 Å². The molecule has 0 bridgehead atoms. The number of anilines is 3. The summed E-state index contributed by atoms with van der Waals surface area (Å²) in [6.07, 6.45) is 0. The highest BCUT2D eigenvalue weighted by molar-refractivity contribution is 6.18. The highest BCUT2D eigenvalue weighted by Gasteiger charge is 2.21. The van der Waals surface area contributed by atoms with Gasteiger partial charge in [0.2, 0.25) is 0 Å². The molecule has 0 fully saturated rings. The Hall–Kier alpha value is -7.22. The zero-order valence-corrected chi connectivity index (χ0v) is 30.3. The van der Waals surface area contributed by atoms with Crippen LogP contribution in [0.4, 0.5) is 17.1 Å². The zero-order valence-electron chi connectivity index (χ0n) is 30.3. The Morgan fingerprint density at radius 3 is 1.29 bits per heavy atom. The molecule has 1 nitrogen and oxygen atoms in total. The molecule has 10 aromatic carbocycles. The molecule has 0 spiro atoms. The Bertz CT molecular complexity index is 2950. The molecule has 0 N–H and O–H groups in total. The fourth-order valence-electron chi connectivity index (χ4n) is 8.13. The molecule has 0 aliphatic heterocycles. The van der Waals surface area contributed by atoms with Crippen LogP contribution in [-0.4, -0.2) is 0 Å². The third-order valence-corrected chi connectivity index (χ3v) is 10.9. The molecule has 0 amide bonds. The van der Waals surface area contributed by atoms with Crippen molar-refractivity contribution in [3.05, 3.63) is 224 Å². The summed E-state index contributed by atoms with van der Waals surface area (Å²) in [5.41, 5.74) is 12.9. The monoisotopic (exact) mass is 699 g/mol. The maximum Gasteiger partial charge on any atom is 0.0540 e. The van der Waals surface area contributed by atoms with Crippen LogP contribution in [0.25, 0.3) is 76.8 Å².